The Labute approximate surface area is 127 Å². The number of carbonyl (C=O) groups is 1. The summed E-state index contributed by atoms with van der Waals surface area (Å²) in [5.74, 6) is 0.00294. The van der Waals surface area contributed by atoms with Crippen molar-refractivity contribution in [2.45, 2.75) is 19.8 Å². The second-order valence-corrected chi connectivity index (χ2v) is 5.63. The van der Waals surface area contributed by atoms with Crippen molar-refractivity contribution in [2.75, 3.05) is 11.1 Å². The smallest absolute Gasteiger partial charge is 0.224 e. The first-order chi connectivity index (χ1) is 9.54. The van der Waals surface area contributed by atoms with Crippen molar-refractivity contribution in [3.8, 4) is 0 Å². The molecule has 3 N–H and O–H groups in total. The van der Waals surface area contributed by atoms with E-state index in [9.17, 15) is 4.79 Å². The van der Waals surface area contributed by atoms with Crippen molar-refractivity contribution in [2.24, 2.45) is 0 Å². The van der Waals surface area contributed by atoms with Gasteiger partial charge in [-0.15, -0.1) is 0 Å². The average molecular weight is 333 g/mol. The van der Waals surface area contributed by atoms with E-state index in [0.29, 0.717) is 12.1 Å². The maximum Gasteiger partial charge on any atom is 0.224 e. The summed E-state index contributed by atoms with van der Waals surface area (Å²) in [5.41, 5.74) is 9.51. The molecule has 0 saturated carbocycles. The predicted octanol–water partition coefficient (Wildman–Crippen LogP) is 3.91. The van der Waals surface area contributed by atoms with E-state index in [2.05, 4.69) is 40.3 Å². The van der Waals surface area contributed by atoms with Crippen LogP contribution in [0.15, 0.2) is 46.9 Å². The van der Waals surface area contributed by atoms with Gasteiger partial charge in [-0.2, -0.15) is 0 Å². The number of halogens is 1. The van der Waals surface area contributed by atoms with E-state index in [1.165, 1.54) is 11.1 Å². The molecule has 0 unspecified atom stereocenters. The number of aryl methyl sites for hydroxylation is 2. The van der Waals surface area contributed by atoms with Gasteiger partial charge in [0.05, 0.1) is 0 Å². The highest BCUT2D eigenvalue weighted by Gasteiger charge is 2.05. The molecule has 0 bridgehead atoms. The molecule has 0 aliphatic heterocycles. The van der Waals surface area contributed by atoms with Crippen LogP contribution in [0.1, 0.15) is 17.5 Å². The molecule has 0 fully saturated rings. The van der Waals surface area contributed by atoms with Crippen molar-refractivity contribution < 1.29 is 4.79 Å². The van der Waals surface area contributed by atoms with E-state index in [-0.39, 0.29) is 5.91 Å². The monoisotopic (exact) mass is 332 g/mol. The van der Waals surface area contributed by atoms with Crippen LogP contribution >= 0.6 is 15.9 Å². The number of rotatable bonds is 4. The van der Waals surface area contributed by atoms with Gasteiger partial charge in [0.1, 0.15) is 0 Å². The van der Waals surface area contributed by atoms with Gasteiger partial charge in [-0.3, -0.25) is 4.79 Å². The molecule has 0 heterocycles. The molecule has 1 amide bonds. The highest BCUT2D eigenvalue weighted by Crippen LogP contribution is 2.23. The summed E-state index contributed by atoms with van der Waals surface area (Å²) in [4.78, 5) is 11.9. The van der Waals surface area contributed by atoms with Gasteiger partial charge in [-0.1, -0.05) is 29.8 Å². The highest BCUT2D eigenvalue weighted by atomic mass is 79.9. The predicted molar refractivity (Wildman–Crippen MR) is 86.7 cm³/mol. The Morgan fingerprint density at radius 2 is 2.05 bits per heavy atom. The van der Waals surface area contributed by atoms with E-state index >= 15 is 0 Å². The van der Waals surface area contributed by atoms with Crippen LogP contribution in [0.5, 0.6) is 0 Å². The lowest BCUT2D eigenvalue weighted by molar-refractivity contribution is -0.116. The molecule has 4 heteroatoms. The molecule has 104 valence electrons. The van der Waals surface area contributed by atoms with Gasteiger partial charge >= 0.3 is 0 Å². The molecule has 0 aliphatic carbocycles. The molecule has 3 nitrogen and oxygen atoms in total. The lowest BCUT2D eigenvalue weighted by Crippen LogP contribution is -2.12. The molecule has 0 aliphatic rings. The van der Waals surface area contributed by atoms with E-state index < -0.39 is 0 Å². The molecule has 0 saturated heterocycles. The molecule has 0 spiro atoms. The minimum absolute atomic E-state index is 0.00294. The van der Waals surface area contributed by atoms with Gasteiger partial charge < -0.3 is 11.1 Å². The Morgan fingerprint density at radius 1 is 1.25 bits per heavy atom. The average Bonchev–Trinajstić information content (AvgIpc) is 2.41. The fraction of sp³-hybridized carbons (Fsp3) is 0.188. The van der Waals surface area contributed by atoms with Crippen molar-refractivity contribution in [1.29, 1.82) is 0 Å². The first-order valence-electron chi connectivity index (χ1n) is 6.45. The zero-order valence-corrected chi connectivity index (χ0v) is 12.9. The van der Waals surface area contributed by atoms with Gasteiger partial charge in [0.2, 0.25) is 5.91 Å². The maximum absolute atomic E-state index is 11.9. The molecule has 2 aromatic rings. The van der Waals surface area contributed by atoms with Gasteiger partial charge in [0.15, 0.2) is 0 Å². The van der Waals surface area contributed by atoms with Crippen LogP contribution in [0.25, 0.3) is 0 Å². The molecule has 0 radical (unpaired) electrons. The fourth-order valence-corrected chi connectivity index (χ4v) is 2.33. The quantitative estimate of drug-likeness (QED) is 0.834. The number of nitrogens with two attached hydrogens (primary N) is 1. The molecular weight excluding hydrogens is 316 g/mol. The lowest BCUT2D eigenvalue weighted by Gasteiger charge is -2.07. The number of carbonyl (C=O) groups excluding carboxylic acids is 1. The van der Waals surface area contributed by atoms with E-state index in [4.69, 9.17) is 5.73 Å². The summed E-state index contributed by atoms with van der Waals surface area (Å²) in [5, 5.41) is 2.87. The largest absolute Gasteiger partial charge is 0.398 e. The first-order valence-corrected chi connectivity index (χ1v) is 7.24. The summed E-state index contributed by atoms with van der Waals surface area (Å²) >= 11 is 3.34. The number of benzene rings is 2. The maximum atomic E-state index is 11.9. The molecule has 20 heavy (non-hydrogen) atoms. The normalized spacial score (nSPS) is 10.3. The standard InChI is InChI=1S/C16H17BrN2O/c1-11-3-2-4-12(9-11)5-8-16(20)19-13-6-7-15(18)14(17)10-13/h2-4,6-7,9-10H,5,8,18H2,1H3,(H,19,20). The SMILES string of the molecule is Cc1cccc(CCC(=O)Nc2ccc(N)c(Br)c2)c1. The van der Waals surface area contributed by atoms with Gasteiger partial charge in [0.25, 0.3) is 0 Å². The molecular formula is C16H17BrN2O. The number of nitrogen functional groups attached to an aromatic ring is 1. The Bertz CT molecular complexity index is 626. The Morgan fingerprint density at radius 3 is 2.75 bits per heavy atom. The number of amides is 1. The van der Waals surface area contributed by atoms with Crippen LogP contribution in [0.3, 0.4) is 0 Å². The zero-order valence-electron chi connectivity index (χ0n) is 11.3. The van der Waals surface area contributed by atoms with Crippen LogP contribution in [0.4, 0.5) is 11.4 Å². The minimum Gasteiger partial charge on any atom is -0.398 e. The summed E-state index contributed by atoms with van der Waals surface area (Å²) in [6, 6.07) is 13.6. The third kappa shape index (κ3) is 4.10. The molecule has 0 atom stereocenters. The fourth-order valence-electron chi connectivity index (χ4n) is 1.95. The van der Waals surface area contributed by atoms with Crippen LogP contribution in [0.2, 0.25) is 0 Å². The van der Waals surface area contributed by atoms with Crippen LogP contribution in [-0.2, 0) is 11.2 Å². The summed E-state index contributed by atoms with van der Waals surface area (Å²) < 4.78 is 0.786. The minimum atomic E-state index is 0.00294. The van der Waals surface area contributed by atoms with Gasteiger partial charge in [-0.25, -0.2) is 0 Å². The summed E-state index contributed by atoms with van der Waals surface area (Å²) in [6.45, 7) is 2.05. The number of anilines is 2. The number of hydrogen-bond donors (Lipinski definition) is 2. The molecule has 2 aromatic carbocycles. The molecule has 0 aromatic heterocycles. The third-order valence-corrected chi connectivity index (χ3v) is 3.69. The van der Waals surface area contributed by atoms with E-state index in [1.54, 1.807) is 18.2 Å². The van der Waals surface area contributed by atoms with E-state index in [1.807, 2.05) is 12.1 Å². The summed E-state index contributed by atoms with van der Waals surface area (Å²) in [6.07, 6.45) is 1.20. The van der Waals surface area contributed by atoms with Crippen molar-refractivity contribution >= 4 is 33.2 Å². The Hall–Kier alpha value is -1.81. The summed E-state index contributed by atoms with van der Waals surface area (Å²) in [7, 11) is 0. The highest BCUT2D eigenvalue weighted by molar-refractivity contribution is 9.10. The topological polar surface area (TPSA) is 55.1 Å². The van der Waals surface area contributed by atoms with Gasteiger partial charge in [-0.05, 0) is 53.0 Å². The van der Waals surface area contributed by atoms with Crippen molar-refractivity contribution in [1.82, 2.24) is 0 Å². The Kier molecular flexibility index (Phi) is 4.79. The second-order valence-electron chi connectivity index (χ2n) is 4.77. The Balaban J connectivity index is 1.91. The molecule has 2 rings (SSSR count). The second kappa shape index (κ2) is 6.57. The van der Waals surface area contributed by atoms with Crippen LogP contribution in [-0.4, -0.2) is 5.91 Å². The zero-order chi connectivity index (χ0) is 14.5. The van der Waals surface area contributed by atoms with Crippen molar-refractivity contribution in [3.63, 3.8) is 0 Å². The number of hydrogen-bond acceptors (Lipinski definition) is 2. The third-order valence-electron chi connectivity index (χ3n) is 3.01. The van der Waals surface area contributed by atoms with E-state index in [0.717, 1.165) is 16.6 Å². The van der Waals surface area contributed by atoms with Gasteiger partial charge in [0, 0.05) is 22.3 Å². The first kappa shape index (κ1) is 14.6. The lowest BCUT2D eigenvalue weighted by atomic mass is 10.1. The number of nitrogens with one attached hydrogen (secondary N) is 1. The van der Waals surface area contributed by atoms with Crippen LogP contribution in [0, 0.1) is 6.92 Å². The van der Waals surface area contributed by atoms with Crippen molar-refractivity contribution in [3.05, 3.63) is 58.1 Å². The van der Waals surface area contributed by atoms with Crippen LogP contribution < -0.4 is 11.1 Å².